The zero-order chi connectivity index (χ0) is 23.4. The number of hydroxylamine groups is 1. The number of carbonyl (C=O) groups excluding carboxylic acids is 2. The molecule has 2 N–H and O–H groups in total. The van der Waals surface area contributed by atoms with Crippen LogP contribution in [0.3, 0.4) is 0 Å². The molecular weight excluding hydrogens is 432 g/mol. The highest BCUT2D eigenvalue weighted by Gasteiger charge is 2.25. The van der Waals surface area contributed by atoms with Gasteiger partial charge in [0.05, 0.1) is 0 Å². The smallest absolute Gasteiger partial charge is 0.274 e. The minimum atomic E-state index is -0.560. The van der Waals surface area contributed by atoms with Crippen LogP contribution in [0.25, 0.3) is 11.6 Å². The summed E-state index contributed by atoms with van der Waals surface area (Å²) in [5, 5.41) is 8.95. The molecule has 168 valence electrons. The van der Waals surface area contributed by atoms with E-state index in [1.165, 1.54) is 4.90 Å². The molecule has 0 unspecified atom stereocenters. The topological polar surface area (TPSA) is 69.6 Å². The second-order valence-electron chi connectivity index (χ2n) is 8.10. The van der Waals surface area contributed by atoms with Crippen LogP contribution in [0.2, 0.25) is 0 Å². The molecule has 1 aliphatic heterocycles. The van der Waals surface area contributed by atoms with E-state index in [-0.39, 0.29) is 5.91 Å². The molecule has 33 heavy (non-hydrogen) atoms. The van der Waals surface area contributed by atoms with Gasteiger partial charge in [-0.25, -0.2) is 5.48 Å². The van der Waals surface area contributed by atoms with Crippen molar-refractivity contribution < 1.29 is 14.8 Å². The van der Waals surface area contributed by atoms with Gasteiger partial charge in [-0.2, -0.15) is 0 Å². The first-order valence-corrected chi connectivity index (χ1v) is 12.0. The van der Waals surface area contributed by atoms with E-state index in [9.17, 15) is 9.59 Å². The van der Waals surface area contributed by atoms with E-state index in [1.54, 1.807) is 29.4 Å². The van der Waals surface area contributed by atoms with Crippen molar-refractivity contribution in [3.63, 3.8) is 0 Å². The van der Waals surface area contributed by atoms with E-state index in [1.807, 2.05) is 66.6 Å². The lowest BCUT2D eigenvalue weighted by Gasteiger charge is -2.30. The van der Waals surface area contributed by atoms with Crippen LogP contribution in [-0.4, -0.2) is 34.7 Å². The van der Waals surface area contributed by atoms with Crippen LogP contribution in [0.15, 0.2) is 71.6 Å². The third kappa shape index (κ3) is 5.18. The van der Waals surface area contributed by atoms with Gasteiger partial charge >= 0.3 is 0 Å². The predicted octanol–water partition coefficient (Wildman–Crippen LogP) is 4.96. The fraction of sp³-hybridized carbons (Fsp3) is 0.185. The van der Waals surface area contributed by atoms with Gasteiger partial charge in [0.15, 0.2) is 0 Å². The fourth-order valence-electron chi connectivity index (χ4n) is 3.98. The molecule has 0 saturated heterocycles. The van der Waals surface area contributed by atoms with Crippen LogP contribution in [0.1, 0.15) is 38.2 Å². The van der Waals surface area contributed by atoms with Crippen molar-refractivity contribution in [1.82, 2.24) is 10.4 Å². The number of carbonyl (C=O) groups is 2. The second kappa shape index (κ2) is 10.1. The van der Waals surface area contributed by atoms with E-state index in [0.717, 1.165) is 27.8 Å². The molecule has 3 aromatic carbocycles. The van der Waals surface area contributed by atoms with Gasteiger partial charge in [0.25, 0.3) is 11.8 Å². The zero-order valence-electron chi connectivity index (χ0n) is 18.7. The lowest BCUT2D eigenvalue weighted by molar-refractivity contribution is -0.125. The number of aryl methyl sites for hydroxylation is 1. The van der Waals surface area contributed by atoms with Crippen LogP contribution in [0.5, 0.6) is 0 Å². The molecule has 4 rings (SSSR count). The summed E-state index contributed by atoms with van der Waals surface area (Å²) in [7, 11) is 0. The predicted molar refractivity (Wildman–Crippen MR) is 132 cm³/mol. The van der Waals surface area contributed by atoms with Crippen molar-refractivity contribution in [1.29, 1.82) is 0 Å². The van der Waals surface area contributed by atoms with E-state index < -0.39 is 5.91 Å². The normalized spacial score (nSPS) is 13.4. The highest BCUT2D eigenvalue weighted by Crippen LogP contribution is 2.27. The van der Waals surface area contributed by atoms with Gasteiger partial charge in [-0.3, -0.25) is 14.8 Å². The van der Waals surface area contributed by atoms with Crippen molar-refractivity contribution in [3.8, 4) is 0 Å². The molecule has 3 aromatic rings. The summed E-state index contributed by atoms with van der Waals surface area (Å²) in [4.78, 5) is 28.6. The highest BCUT2D eigenvalue weighted by atomic mass is 32.2. The minimum Gasteiger partial charge on any atom is -0.334 e. The van der Waals surface area contributed by atoms with Gasteiger partial charge in [-0.15, -0.1) is 11.8 Å². The first kappa shape index (κ1) is 22.8. The van der Waals surface area contributed by atoms with Gasteiger partial charge in [0, 0.05) is 29.1 Å². The molecule has 0 aliphatic carbocycles. The minimum absolute atomic E-state index is 0.0459. The van der Waals surface area contributed by atoms with E-state index in [2.05, 4.69) is 12.1 Å². The molecule has 0 saturated carbocycles. The number of amides is 2. The van der Waals surface area contributed by atoms with Crippen molar-refractivity contribution >= 4 is 35.2 Å². The highest BCUT2D eigenvalue weighted by molar-refractivity contribution is 7.98. The standard InChI is InChI=1S/C27H26N2O3S/c1-18-3-7-21(8-4-18)25(15-19-5-11-24(33-2)12-6-19)27(31)29-14-13-20-9-10-22(26(30)28-32)16-23(20)17-29/h3-12,15-16,32H,13-14,17H2,1-2H3,(H,28,30). The molecule has 1 aliphatic rings. The summed E-state index contributed by atoms with van der Waals surface area (Å²) in [6, 6.07) is 21.5. The Balaban J connectivity index is 1.67. The molecular formula is C27H26N2O3S. The molecule has 0 radical (unpaired) electrons. The molecule has 0 bridgehead atoms. The van der Waals surface area contributed by atoms with Crippen LogP contribution < -0.4 is 5.48 Å². The Morgan fingerprint density at radius 2 is 1.67 bits per heavy atom. The third-order valence-electron chi connectivity index (χ3n) is 5.89. The molecule has 6 heteroatoms. The second-order valence-corrected chi connectivity index (χ2v) is 8.98. The summed E-state index contributed by atoms with van der Waals surface area (Å²) < 4.78 is 0. The molecule has 0 atom stereocenters. The van der Waals surface area contributed by atoms with Gasteiger partial charge in [-0.1, -0.05) is 48.0 Å². The van der Waals surface area contributed by atoms with Gasteiger partial charge in [0.2, 0.25) is 0 Å². The third-order valence-corrected chi connectivity index (χ3v) is 6.63. The Hall–Kier alpha value is -3.35. The average Bonchev–Trinajstić information content (AvgIpc) is 2.86. The molecule has 0 fully saturated rings. The Labute approximate surface area is 198 Å². The quantitative estimate of drug-likeness (QED) is 0.186. The molecule has 0 spiro atoms. The van der Waals surface area contributed by atoms with Crippen LogP contribution in [-0.2, 0) is 17.8 Å². The number of hydrogen-bond acceptors (Lipinski definition) is 4. The summed E-state index contributed by atoms with van der Waals surface area (Å²) in [5.41, 5.74) is 7.69. The maximum atomic E-state index is 13.7. The molecule has 2 amide bonds. The maximum Gasteiger partial charge on any atom is 0.274 e. The molecule has 1 heterocycles. The first-order valence-electron chi connectivity index (χ1n) is 10.8. The summed E-state index contributed by atoms with van der Waals surface area (Å²) in [5.74, 6) is -0.606. The van der Waals surface area contributed by atoms with Crippen molar-refractivity contribution in [2.24, 2.45) is 0 Å². The molecule has 5 nitrogen and oxygen atoms in total. The van der Waals surface area contributed by atoms with Crippen molar-refractivity contribution in [2.45, 2.75) is 24.8 Å². The van der Waals surface area contributed by atoms with Crippen molar-refractivity contribution in [2.75, 3.05) is 12.8 Å². The maximum absolute atomic E-state index is 13.7. The number of thioether (sulfide) groups is 1. The van der Waals surface area contributed by atoms with Crippen LogP contribution in [0.4, 0.5) is 0 Å². The number of hydrogen-bond donors (Lipinski definition) is 2. The average molecular weight is 459 g/mol. The fourth-order valence-corrected chi connectivity index (χ4v) is 4.38. The van der Waals surface area contributed by atoms with Gasteiger partial charge in [-0.05, 0) is 72.2 Å². The lowest BCUT2D eigenvalue weighted by atomic mass is 9.95. The monoisotopic (exact) mass is 458 g/mol. The van der Waals surface area contributed by atoms with Gasteiger partial charge < -0.3 is 4.90 Å². The van der Waals surface area contributed by atoms with Crippen molar-refractivity contribution in [3.05, 3.63) is 100 Å². The van der Waals surface area contributed by atoms with E-state index in [0.29, 0.717) is 30.6 Å². The number of benzene rings is 3. The Kier molecular flexibility index (Phi) is 6.96. The first-order chi connectivity index (χ1) is 16.0. The number of nitrogens with one attached hydrogen (secondary N) is 1. The lowest BCUT2D eigenvalue weighted by Crippen LogP contribution is -2.36. The zero-order valence-corrected chi connectivity index (χ0v) is 19.5. The van der Waals surface area contributed by atoms with E-state index in [4.69, 9.17) is 5.21 Å². The Bertz CT molecular complexity index is 1200. The largest absolute Gasteiger partial charge is 0.334 e. The molecule has 0 aromatic heterocycles. The summed E-state index contributed by atoms with van der Waals surface area (Å²) in [6.07, 6.45) is 4.70. The Morgan fingerprint density at radius 3 is 2.33 bits per heavy atom. The SMILES string of the molecule is CSc1ccc(C=C(C(=O)N2CCc3ccc(C(=O)NO)cc3C2)c2ccc(C)cc2)cc1. The number of rotatable bonds is 5. The van der Waals surface area contributed by atoms with Gasteiger partial charge in [0.1, 0.15) is 0 Å². The number of fused-ring (bicyclic) bond motifs is 1. The van der Waals surface area contributed by atoms with Crippen LogP contribution >= 0.6 is 11.8 Å². The summed E-state index contributed by atoms with van der Waals surface area (Å²) >= 11 is 1.68. The Morgan fingerprint density at radius 1 is 0.970 bits per heavy atom. The van der Waals surface area contributed by atoms with E-state index >= 15 is 0 Å². The van der Waals surface area contributed by atoms with Crippen LogP contribution in [0, 0.1) is 6.92 Å². The summed E-state index contributed by atoms with van der Waals surface area (Å²) in [6.45, 7) is 3.04. The number of nitrogens with zero attached hydrogens (tertiary/aromatic N) is 1.